The van der Waals surface area contributed by atoms with Gasteiger partial charge in [-0.25, -0.2) is 9.18 Å². The van der Waals surface area contributed by atoms with Gasteiger partial charge in [-0.3, -0.25) is 14.5 Å². The number of benzene rings is 1. The van der Waals surface area contributed by atoms with Gasteiger partial charge in [0.05, 0.1) is 23.5 Å². The molecule has 3 aliphatic rings. The molecule has 3 aliphatic heterocycles. The number of carbonyl (C=O) groups is 3. The fourth-order valence-corrected chi connectivity index (χ4v) is 5.13. The number of aromatic nitrogens is 1. The number of aliphatic hydroxyl groups excluding tert-OH is 1. The average Bonchev–Trinajstić information content (AvgIpc) is 3.53. The Morgan fingerprint density at radius 1 is 1.28 bits per heavy atom. The number of amides is 3. The largest absolute Gasteiger partial charge is 0.421 e. The Bertz CT molecular complexity index is 1320. The Labute approximate surface area is 207 Å². The molecule has 0 atom stereocenters. The van der Waals surface area contributed by atoms with Crippen LogP contribution in [0, 0.1) is 12.7 Å². The minimum Gasteiger partial charge on any atom is -0.387 e. The van der Waals surface area contributed by atoms with Crippen molar-refractivity contribution in [3.63, 3.8) is 0 Å². The third-order valence-corrected chi connectivity index (χ3v) is 7.04. The number of H-pyrrole nitrogens is 1. The van der Waals surface area contributed by atoms with E-state index in [4.69, 9.17) is 5.11 Å². The molecule has 0 spiro atoms. The van der Waals surface area contributed by atoms with Gasteiger partial charge in [0.1, 0.15) is 24.2 Å². The maximum Gasteiger partial charge on any atom is 0.421 e. The molecular weight excluding hydrogens is 465 g/mol. The van der Waals surface area contributed by atoms with E-state index in [2.05, 4.69) is 20.5 Å². The Morgan fingerprint density at radius 2 is 2.06 bits per heavy atom. The second-order valence-electron chi connectivity index (χ2n) is 9.38. The van der Waals surface area contributed by atoms with Crippen molar-refractivity contribution >= 4 is 47.0 Å². The molecule has 5 rings (SSSR count). The van der Waals surface area contributed by atoms with Crippen molar-refractivity contribution in [2.75, 3.05) is 43.4 Å². The minimum absolute atomic E-state index is 0.0494. The number of hydrogen-bond acceptors (Lipinski definition) is 5. The number of halogens is 1. The number of rotatable bonds is 6. The maximum absolute atomic E-state index is 14.6. The van der Waals surface area contributed by atoms with E-state index >= 15 is 0 Å². The van der Waals surface area contributed by atoms with Gasteiger partial charge in [0, 0.05) is 23.4 Å². The molecule has 3 amide bonds. The molecule has 0 unspecified atom stereocenters. The molecule has 1 aromatic heterocycles. The second kappa shape index (κ2) is 9.79. The molecular formula is C26H29FN5O4+. The van der Waals surface area contributed by atoms with Crippen LogP contribution in [0.5, 0.6) is 0 Å². The van der Waals surface area contributed by atoms with Gasteiger partial charge >= 0.3 is 5.91 Å². The number of carbonyl (C=O) groups excluding carboxylic acids is 3. The lowest BCUT2D eigenvalue weighted by molar-refractivity contribution is -0.425. The monoisotopic (exact) mass is 494 g/mol. The van der Waals surface area contributed by atoms with Crippen LogP contribution in [-0.4, -0.2) is 76.3 Å². The minimum atomic E-state index is -0.781. The van der Waals surface area contributed by atoms with Crippen molar-refractivity contribution in [2.24, 2.45) is 0 Å². The summed E-state index contributed by atoms with van der Waals surface area (Å²) in [4.78, 5) is 43.3. The zero-order valence-corrected chi connectivity index (χ0v) is 20.1. The number of hydrogen-bond donors (Lipinski definition) is 4. The van der Waals surface area contributed by atoms with Gasteiger partial charge in [-0.15, -0.1) is 0 Å². The number of aromatic amines is 1. The van der Waals surface area contributed by atoms with Gasteiger partial charge in [-0.1, -0.05) is 0 Å². The lowest BCUT2D eigenvalue weighted by Gasteiger charge is -2.12. The highest BCUT2D eigenvalue weighted by Gasteiger charge is 2.32. The molecule has 0 aliphatic carbocycles. The number of nitrogens with zero attached hydrogens (tertiary/aromatic N) is 2. The molecule has 36 heavy (non-hydrogen) atoms. The van der Waals surface area contributed by atoms with Crippen LogP contribution in [-0.2, 0) is 16.0 Å². The number of nitrogens with one attached hydrogen (secondary N) is 3. The van der Waals surface area contributed by atoms with Crippen LogP contribution in [0.4, 0.5) is 15.8 Å². The summed E-state index contributed by atoms with van der Waals surface area (Å²) in [5.74, 6) is -1.94. The molecule has 10 heteroatoms. The van der Waals surface area contributed by atoms with Gasteiger partial charge in [-0.05, 0) is 63.0 Å². The summed E-state index contributed by atoms with van der Waals surface area (Å²) >= 11 is 0. The van der Waals surface area contributed by atoms with Gasteiger partial charge < -0.3 is 20.7 Å². The topological polar surface area (TPSA) is 118 Å². The second-order valence-corrected chi connectivity index (χ2v) is 9.38. The molecule has 4 N–H and O–H groups in total. The molecule has 9 nitrogen and oxygen atoms in total. The highest BCUT2D eigenvalue weighted by atomic mass is 19.1. The van der Waals surface area contributed by atoms with E-state index in [9.17, 15) is 18.8 Å². The summed E-state index contributed by atoms with van der Waals surface area (Å²) in [5, 5.41) is 13.9. The zero-order chi connectivity index (χ0) is 25.4. The highest BCUT2D eigenvalue weighted by molar-refractivity contribution is 6.35. The van der Waals surface area contributed by atoms with E-state index in [-0.39, 0.29) is 17.2 Å². The molecule has 2 aromatic rings. The number of likely N-dealkylation sites (tertiary alicyclic amines) is 1. The van der Waals surface area contributed by atoms with E-state index in [0.29, 0.717) is 35.5 Å². The summed E-state index contributed by atoms with van der Waals surface area (Å²) in [5.41, 5.74) is 3.67. The predicted molar refractivity (Wildman–Crippen MR) is 134 cm³/mol. The van der Waals surface area contributed by atoms with E-state index in [1.54, 1.807) is 10.7 Å². The van der Waals surface area contributed by atoms with Crippen LogP contribution in [0.2, 0.25) is 0 Å². The summed E-state index contributed by atoms with van der Waals surface area (Å²) in [7, 11) is 0. The van der Waals surface area contributed by atoms with Crippen LogP contribution in [0.3, 0.4) is 0 Å². The molecule has 188 valence electrons. The van der Waals surface area contributed by atoms with Crippen LogP contribution >= 0.6 is 0 Å². The Balaban J connectivity index is 1.43. The van der Waals surface area contributed by atoms with E-state index in [1.165, 1.54) is 25.0 Å². The highest BCUT2D eigenvalue weighted by Crippen LogP contribution is 2.37. The van der Waals surface area contributed by atoms with E-state index < -0.39 is 24.2 Å². The standard InChI is InChI=1S/C26H28FN5O4/c1-15-20(12-17-16-11-18(27)22(29-23(34)14-33)13-21(16)30-25(17)35)28-19-5-4-8-32(26(36)24(15)19)10-9-31-6-2-3-7-31/h8,11-13,33H,2-7,9-10,14H2,1H3,(H2-,28,29,30,34,35,36)/p+1. The van der Waals surface area contributed by atoms with Crippen LogP contribution in [0.25, 0.3) is 11.6 Å². The lowest BCUT2D eigenvalue weighted by Crippen LogP contribution is -2.32. The number of fused-ring (bicyclic) bond motifs is 2. The van der Waals surface area contributed by atoms with Crippen molar-refractivity contribution in [3.05, 3.63) is 46.0 Å². The third-order valence-electron chi connectivity index (χ3n) is 7.04. The van der Waals surface area contributed by atoms with Crippen LogP contribution < -0.4 is 10.6 Å². The summed E-state index contributed by atoms with van der Waals surface area (Å²) < 4.78 is 16.4. The summed E-state index contributed by atoms with van der Waals surface area (Å²) in [6.07, 6.45) is 7.43. The SMILES string of the molecule is Cc1c(/C=C2\C(=O)Nc3cc(NC(=O)CO)c(F)cc32)[nH]c2c1C(=O)[N+](CCN1CCCC1)=CCC2. The number of aryl methyl sites for hydroxylation is 1. The van der Waals surface area contributed by atoms with Crippen molar-refractivity contribution in [3.8, 4) is 0 Å². The van der Waals surface area contributed by atoms with Crippen LogP contribution in [0.1, 0.15) is 52.1 Å². The molecule has 0 radical (unpaired) electrons. The molecule has 0 bridgehead atoms. The van der Waals surface area contributed by atoms with Crippen molar-refractivity contribution < 1.29 is 28.5 Å². The zero-order valence-electron chi connectivity index (χ0n) is 20.1. The first-order valence-corrected chi connectivity index (χ1v) is 12.2. The number of aliphatic hydroxyl groups is 1. The first-order valence-electron chi connectivity index (χ1n) is 12.2. The fourth-order valence-electron chi connectivity index (χ4n) is 5.13. The normalized spacial score (nSPS) is 18.6. The maximum atomic E-state index is 14.6. The third kappa shape index (κ3) is 4.49. The Hall–Kier alpha value is -3.63. The molecule has 1 aromatic carbocycles. The quantitative estimate of drug-likeness (QED) is 0.363. The van der Waals surface area contributed by atoms with Crippen molar-refractivity contribution in [2.45, 2.75) is 32.6 Å². The van der Waals surface area contributed by atoms with Crippen molar-refractivity contribution in [1.82, 2.24) is 9.88 Å². The predicted octanol–water partition coefficient (Wildman–Crippen LogP) is 2.15. The summed E-state index contributed by atoms with van der Waals surface area (Å²) in [6.45, 7) is 4.72. The molecule has 1 saturated heterocycles. The van der Waals surface area contributed by atoms with Gasteiger partial charge in [0.25, 0.3) is 5.91 Å². The van der Waals surface area contributed by atoms with Gasteiger partial charge in [0.2, 0.25) is 5.91 Å². The Morgan fingerprint density at radius 3 is 2.81 bits per heavy atom. The molecule has 4 heterocycles. The lowest BCUT2D eigenvalue weighted by atomic mass is 10.0. The Kier molecular flexibility index (Phi) is 6.55. The smallest absolute Gasteiger partial charge is 0.387 e. The summed E-state index contributed by atoms with van der Waals surface area (Å²) in [6, 6.07) is 2.50. The fraction of sp³-hybridized carbons (Fsp3) is 0.385. The first kappa shape index (κ1) is 24.1. The van der Waals surface area contributed by atoms with E-state index in [0.717, 1.165) is 37.3 Å². The first-order chi connectivity index (χ1) is 17.4. The van der Waals surface area contributed by atoms with E-state index in [1.807, 2.05) is 13.1 Å². The van der Waals surface area contributed by atoms with Gasteiger partial charge in [-0.2, -0.15) is 4.58 Å². The van der Waals surface area contributed by atoms with Gasteiger partial charge in [0.15, 0.2) is 6.54 Å². The number of anilines is 2. The molecule has 0 saturated carbocycles. The average molecular weight is 495 g/mol. The molecule has 1 fully saturated rings. The van der Waals surface area contributed by atoms with Crippen LogP contribution in [0.15, 0.2) is 12.1 Å². The van der Waals surface area contributed by atoms with Crippen molar-refractivity contribution in [1.29, 1.82) is 0 Å².